The van der Waals surface area contributed by atoms with Crippen LogP contribution in [0.4, 0.5) is 4.39 Å². The van der Waals surface area contributed by atoms with Crippen LogP contribution in [0.25, 0.3) is 10.9 Å². The fraction of sp³-hybridized carbons (Fsp3) is 0.333. The zero-order valence-electron chi connectivity index (χ0n) is 19.1. The Labute approximate surface area is 201 Å². The number of aryl methyl sites for hydroxylation is 1. The molecule has 1 amide bonds. The number of nitrogens with one attached hydrogen (secondary N) is 1. The number of sulfone groups is 1. The van der Waals surface area contributed by atoms with Gasteiger partial charge in [0.1, 0.15) is 11.4 Å². The molecule has 1 unspecified atom stereocenters. The highest BCUT2D eigenvalue weighted by Gasteiger charge is 2.43. The molecule has 2 aromatic carbocycles. The first-order valence-electron chi connectivity index (χ1n) is 10.7. The molecule has 1 aliphatic rings. The summed E-state index contributed by atoms with van der Waals surface area (Å²) in [5.41, 5.74) is 2.33. The van der Waals surface area contributed by atoms with Crippen molar-refractivity contribution in [1.29, 1.82) is 0 Å². The molecule has 1 aromatic heterocycles. The van der Waals surface area contributed by atoms with E-state index in [1.165, 1.54) is 23.2 Å². The number of benzene rings is 2. The van der Waals surface area contributed by atoms with Crippen LogP contribution in [0.2, 0.25) is 0 Å². The van der Waals surface area contributed by atoms with Gasteiger partial charge in [0, 0.05) is 36.0 Å². The van der Waals surface area contributed by atoms with E-state index in [9.17, 15) is 22.7 Å². The van der Waals surface area contributed by atoms with Gasteiger partial charge >= 0.3 is 0 Å². The number of hydrogen-bond acceptors (Lipinski definition) is 7. The van der Waals surface area contributed by atoms with Gasteiger partial charge in [-0.1, -0.05) is 24.0 Å². The number of nitrogens with zero attached hydrogens (tertiary/aromatic N) is 2. The molecule has 0 spiro atoms. The maximum absolute atomic E-state index is 14.6. The van der Waals surface area contributed by atoms with Crippen molar-refractivity contribution >= 4 is 26.6 Å². The minimum absolute atomic E-state index is 0.0397. The SMILES string of the molecule is CC(CCn1cc2cc(C#Cc3ccc(C4(O)COC4)cc3)c(F)cc2n1)(C(=O)NO)S(C)(=O)=O. The summed E-state index contributed by atoms with van der Waals surface area (Å²) in [5, 5.41) is 24.1. The molecule has 1 saturated heterocycles. The third kappa shape index (κ3) is 4.78. The van der Waals surface area contributed by atoms with E-state index in [0.717, 1.165) is 11.8 Å². The van der Waals surface area contributed by atoms with Crippen molar-refractivity contribution in [3.63, 3.8) is 0 Å². The van der Waals surface area contributed by atoms with Crippen LogP contribution in [-0.2, 0) is 31.5 Å². The third-order valence-electron chi connectivity index (χ3n) is 6.30. The van der Waals surface area contributed by atoms with Crippen LogP contribution in [0.3, 0.4) is 0 Å². The van der Waals surface area contributed by atoms with Gasteiger partial charge in [0.05, 0.1) is 24.3 Å². The van der Waals surface area contributed by atoms with Crippen molar-refractivity contribution in [3.8, 4) is 11.8 Å². The molecule has 0 radical (unpaired) electrons. The Morgan fingerprint density at radius 2 is 1.97 bits per heavy atom. The van der Waals surface area contributed by atoms with E-state index >= 15 is 0 Å². The maximum Gasteiger partial charge on any atom is 0.264 e. The molecule has 9 nitrogen and oxygen atoms in total. The van der Waals surface area contributed by atoms with E-state index in [4.69, 9.17) is 9.94 Å². The molecule has 0 saturated carbocycles. The van der Waals surface area contributed by atoms with Crippen LogP contribution in [0.5, 0.6) is 0 Å². The highest BCUT2D eigenvalue weighted by atomic mass is 32.2. The zero-order valence-corrected chi connectivity index (χ0v) is 19.9. The average molecular weight is 502 g/mol. The van der Waals surface area contributed by atoms with E-state index in [0.29, 0.717) is 16.5 Å². The van der Waals surface area contributed by atoms with Crippen molar-refractivity contribution in [3.05, 3.63) is 65.1 Å². The van der Waals surface area contributed by atoms with Gasteiger partial charge in [-0.2, -0.15) is 5.10 Å². The number of carbonyl (C=O) groups is 1. The molecule has 1 atom stereocenters. The number of aliphatic hydroxyl groups is 1. The lowest BCUT2D eigenvalue weighted by Crippen LogP contribution is -2.49. The minimum atomic E-state index is -3.84. The van der Waals surface area contributed by atoms with Gasteiger partial charge in [0.2, 0.25) is 0 Å². The summed E-state index contributed by atoms with van der Waals surface area (Å²) in [6, 6.07) is 9.79. The highest BCUT2D eigenvalue weighted by Crippen LogP contribution is 2.29. The summed E-state index contributed by atoms with van der Waals surface area (Å²) in [5.74, 6) is 4.11. The van der Waals surface area contributed by atoms with Crippen LogP contribution in [0.15, 0.2) is 42.6 Å². The first kappa shape index (κ1) is 24.8. The van der Waals surface area contributed by atoms with Crippen LogP contribution < -0.4 is 5.48 Å². The lowest BCUT2D eigenvalue weighted by atomic mass is 9.91. The first-order chi connectivity index (χ1) is 16.4. The van der Waals surface area contributed by atoms with E-state index in [1.54, 1.807) is 36.5 Å². The number of hydroxylamine groups is 1. The summed E-state index contributed by atoms with van der Waals surface area (Å²) in [6.07, 6.45) is 2.37. The van der Waals surface area contributed by atoms with E-state index in [2.05, 4.69) is 16.9 Å². The lowest BCUT2D eigenvalue weighted by Gasteiger charge is -2.36. The summed E-state index contributed by atoms with van der Waals surface area (Å²) < 4.78 is 43.5. The van der Waals surface area contributed by atoms with E-state index < -0.39 is 31.9 Å². The van der Waals surface area contributed by atoms with Crippen molar-refractivity contribution in [2.24, 2.45) is 0 Å². The third-order valence-corrected chi connectivity index (χ3v) is 8.33. The Bertz CT molecular complexity index is 1450. The Morgan fingerprint density at radius 3 is 2.54 bits per heavy atom. The molecule has 1 fully saturated rings. The zero-order chi connectivity index (χ0) is 25.4. The van der Waals surface area contributed by atoms with E-state index in [-0.39, 0.29) is 31.7 Å². The monoisotopic (exact) mass is 501 g/mol. The second kappa shape index (κ2) is 9.05. The van der Waals surface area contributed by atoms with Crippen molar-refractivity contribution in [2.75, 3.05) is 19.5 Å². The highest BCUT2D eigenvalue weighted by molar-refractivity contribution is 7.92. The number of halogens is 1. The Hall–Kier alpha value is -3.30. The van der Waals surface area contributed by atoms with Gasteiger partial charge in [-0.3, -0.25) is 14.7 Å². The van der Waals surface area contributed by atoms with Gasteiger partial charge in [0.25, 0.3) is 5.91 Å². The molecule has 4 rings (SSSR count). The summed E-state index contributed by atoms with van der Waals surface area (Å²) >= 11 is 0. The molecule has 0 aliphatic carbocycles. The maximum atomic E-state index is 14.6. The van der Waals surface area contributed by atoms with Crippen LogP contribution in [-0.4, -0.2) is 58.6 Å². The average Bonchev–Trinajstić information content (AvgIpc) is 3.20. The molecule has 11 heteroatoms. The Morgan fingerprint density at radius 1 is 1.29 bits per heavy atom. The summed E-state index contributed by atoms with van der Waals surface area (Å²) in [4.78, 5) is 12.0. The van der Waals surface area contributed by atoms with Crippen LogP contribution in [0, 0.1) is 17.7 Å². The van der Waals surface area contributed by atoms with Gasteiger partial charge in [-0.15, -0.1) is 0 Å². The molecule has 1 aliphatic heterocycles. The molecular weight excluding hydrogens is 477 g/mol. The fourth-order valence-corrected chi connectivity index (χ4v) is 4.53. The topological polar surface area (TPSA) is 131 Å². The number of rotatable bonds is 6. The molecule has 3 aromatic rings. The van der Waals surface area contributed by atoms with Gasteiger partial charge in [-0.05, 0) is 37.1 Å². The number of carbonyl (C=O) groups excluding carboxylic acids is 1. The fourth-order valence-electron chi connectivity index (χ4n) is 3.69. The minimum Gasteiger partial charge on any atom is -0.380 e. The lowest BCUT2D eigenvalue weighted by molar-refractivity contribution is -0.184. The predicted octanol–water partition coefficient (Wildman–Crippen LogP) is 1.49. The normalized spacial score (nSPS) is 16.6. The number of fused-ring (bicyclic) bond motifs is 1. The van der Waals surface area contributed by atoms with Crippen LogP contribution >= 0.6 is 0 Å². The molecule has 35 heavy (non-hydrogen) atoms. The number of hydrogen-bond donors (Lipinski definition) is 3. The number of ether oxygens (including phenoxy) is 1. The summed E-state index contributed by atoms with van der Waals surface area (Å²) in [6.45, 7) is 1.76. The second-order valence-corrected chi connectivity index (χ2v) is 11.3. The second-order valence-electron chi connectivity index (χ2n) is 8.83. The predicted molar refractivity (Wildman–Crippen MR) is 125 cm³/mol. The molecule has 2 heterocycles. The Kier molecular flexibility index (Phi) is 6.42. The van der Waals surface area contributed by atoms with E-state index in [1.807, 2.05) is 0 Å². The van der Waals surface area contributed by atoms with Gasteiger partial charge < -0.3 is 9.84 Å². The van der Waals surface area contributed by atoms with Gasteiger partial charge in [-0.25, -0.2) is 18.3 Å². The van der Waals surface area contributed by atoms with Crippen LogP contribution in [0.1, 0.15) is 30.0 Å². The smallest absolute Gasteiger partial charge is 0.264 e. The standard InChI is InChI=1S/C24H24FN3O6S/c1-23(22(29)27-31,35(2,32)33)9-10-28-13-18-11-17(20(25)12-21(18)26-28)6-3-16-4-7-19(8-5-16)24(30)14-34-15-24/h4-5,7-8,11-13,30-31H,9-10,14-15H2,1-2H3,(H,27,29). The molecule has 3 N–H and O–H groups in total. The summed E-state index contributed by atoms with van der Waals surface area (Å²) in [7, 11) is -3.84. The molecule has 0 bridgehead atoms. The van der Waals surface area contributed by atoms with Crippen molar-refractivity contribution in [1.82, 2.24) is 15.3 Å². The quantitative estimate of drug-likeness (QED) is 0.265. The van der Waals surface area contributed by atoms with Crippen molar-refractivity contribution < 1.29 is 32.7 Å². The number of aromatic nitrogens is 2. The number of amides is 1. The Balaban J connectivity index is 1.54. The van der Waals surface area contributed by atoms with Gasteiger partial charge in [0.15, 0.2) is 14.6 Å². The van der Waals surface area contributed by atoms with Crippen molar-refractivity contribution in [2.45, 2.75) is 30.2 Å². The molecular formula is C24H24FN3O6S. The first-order valence-corrected chi connectivity index (χ1v) is 12.6. The molecule has 184 valence electrons. The largest absolute Gasteiger partial charge is 0.380 e.